The van der Waals surface area contributed by atoms with Gasteiger partial charge in [-0.05, 0) is 82.6 Å². The van der Waals surface area contributed by atoms with Crippen molar-refractivity contribution >= 4 is 11.8 Å². The Morgan fingerprint density at radius 1 is 0.970 bits per heavy atom. The van der Waals surface area contributed by atoms with Gasteiger partial charge in [-0.2, -0.15) is 0 Å². The predicted octanol–water partition coefficient (Wildman–Crippen LogP) is 7.09. The molecule has 0 heterocycles. The lowest BCUT2D eigenvalue weighted by Gasteiger charge is -2.37. The fourth-order valence-electron chi connectivity index (χ4n) is 5.35. The van der Waals surface area contributed by atoms with Crippen LogP contribution in [0.5, 0.6) is 5.75 Å². The lowest BCUT2D eigenvalue weighted by Crippen LogP contribution is -2.36. The van der Waals surface area contributed by atoms with Crippen molar-refractivity contribution in [2.75, 3.05) is 12.0 Å². The number of rotatable bonds is 7. The molecule has 1 amide bonds. The fourth-order valence-corrected chi connectivity index (χ4v) is 5.35. The highest BCUT2D eigenvalue weighted by Gasteiger charge is 2.34. The van der Waals surface area contributed by atoms with Crippen LogP contribution in [-0.4, -0.2) is 30.0 Å². The number of hydrogen-bond donors (Lipinski definition) is 1. The quantitative estimate of drug-likeness (QED) is 0.475. The van der Waals surface area contributed by atoms with Crippen LogP contribution in [0.25, 0.3) is 0 Å². The Morgan fingerprint density at radius 3 is 2.03 bits per heavy atom. The minimum absolute atomic E-state index is 0.0524. The third kappa shape index (κ3) is 7.49. The number of nitrogens with zero attached hydrogens (tertiary/aromatic N) is 1. The average molecular weight is 458 g/mol. The second-order valence-corrected chi connectivity index (χ2v) is 10.8. The summed E-state index contributed by atoms with van der Waals surface area (Å²) in [5.41, 5.74) is 0.121. The minimum atomic E-state index is -0.597. The molecule has 1 aromatic rings. The SMILES string of the molecule is COc1ccc(N(/C=C/[C@H](C2CCCCC2)[C@H](O)C2CCCCC2)C(=O)OC(C)(C)C)cc1. The number of ether oxygens (including phenoxy) is 2. The van der Waals surface area contributed by atoms with Gasteiger partial charge in [0.25, 0.3) is 0 Å². The second kappa shape index (κ2) is 11.9. The molecule has 5 heteroatoms. The van der Waals surface area contributed by atoms with Crippen LogP contribution in [0.15, 0.2) is 36.5 Å². The molecule has 2 saturated carbocycles. The molecule has 3 rings (SSSR count). The maximum Gasteiger partial charge on any atom is 0.418 e. The van der Waals surface area contributed by atoms with E-state index >= 15 is 0 Å². The number of hydrogen-bond acceptors (Lipinski definition) is 4. The summed E-state index contributed by atoms with van der Waals surface area (Å²) in [4.78, 5) is 14.7. The standard InChI is InChI=1S/C28H43NO4/c1-28(2,3)33-27(31)29(23-15-17-24(32-4)18-16-23)20-19-25(21-11-7-5-8-12-21)26(30)22-13-9-6-10-14-22/h15-22,25-26,30H,5-14H2,1-4H3/b20-19+/t25-,26-/m1/s1. The molecule has 0 unspecified atom stereocenters. The molecular weight excluding hydrogens is 414 g/mol. The first-order valence-corrected chi connectivity index (χ1v) is 12.8. The summed E-state index contributed by atoms with van der Waals surface area (Å²) in [6.07, 6.45) is 15.1. The van der Waals surface area contributed by atoms with Gasteiger partial charge < -0.3 is 14.6 Å². The number of methoxy groups -OCH3 is 1. The van der Waals surface area contributed by atoms with E-state index in [1.807, 2.05) is 51.2 Å². The molecule has 33 heavy (non-hydrogen) atoms. The summed E-state index contributed by atoms with van der Waals surface area (Å²) in [5.74, 6) is 1.60. The van der Waals surface area contributed by atoms with Gasteiger partial charge in [0.15, 0.2) is 0 Å². The Hall–Kier alpha value is -2.01. The van der Waals surface area contributed by atoms with Crippen LogP contribution < -0.4 is 9.64 Å². The van der Waals surface area contributed by atoms with Gasteiger partial charge in [0.1, 0.15) is 11.4 Å². The van der Waals surface area contributed by atoms with Gasteiger partial charge in [-0.15, -0.1) is 0 Å². The van der Waals surface area contributed by atoms with E-state index < -0.39 is 11.7 Å². The Labute approximate surface area is 200 Å². The third-order valence-electron chi connectivity index (χ3n) is 7.12. The van der Waals surface area contributed by atoms with Crippen LogP contribution >= 0.6 is 0 Å². The molecule has 1 aromatic carbocycles. The molecule has 0 radical (unpaired) electrons. The number of carbonyl (C=O) groups is 1. The van der Waals surface area contributed by atoms with Crippen molar-refractivity contribution < 1.29 is 19.4 Å². The molecule has 5 nitrogen and oxygen atoms in total. The minimum Gasteiger partial charge on any atom is -0.497 e. The van der Waals surface area contributed by atoms with Gasteiger partial charge in [0.2, 0.25) is 0 Å². The number of amides is 1. The number of anilines is 1. The van der Waals surface area contributed by atoms with E-state index in [2.05, 4.69) is 6.08 Å². The highest BCUT2D eigenvalue weighted by Crippen LogP contribution is 2.38. The molecule has 0 aliphatic heterocycles. The van der Waals surface area contributed by atoms with Crippen molar-refractivity contribution in [3.05, 3.63) is 36.5 Å². The van der Waals surface area contributed by atoms with Crippen molar-refractivity contribution in [2.24, 2.45) is 17.8 Å². The highest BCUT2D eigenvalue weighted by molar-refractivity contribution is 5.90. The van der Waals surface area contributed by atoms with Gasteiger partial charge in [-0.3, -0.25) is 4.90 Å². The first-order chi connectivity index (χ1) is 15.8. The van der Waals surface area contributed by atoms with Crippen LogP contribution in [0, 0.1) is 17.8 Å². The topological polar surface area (TPSA) is 59.0 Å². The molecule has 2 fully saturated rings. The molecule has 0 bridgehead atoms. The number of benzene rings is 1. The van der Waals surface area contributed by atoms with Gasteiger partial charge in [-0.1, -0.05) is 44.6 Å². The van der Waals surface area contributed by atoms with Crippen molar-refractivity contribution in [2.45, 2.75) is 96.7 Å². The number of carbonyl (C=O) groups excluding carboxylic acids is 1. The summed E-state index contributed by atoms with van der Waals surface area (Å²) in [6.45, 7) is 5.62. The molecule has 2 aliphatic rings. The lowest BCUT2D eigenvalue weighted by molar-refractivity contribution is 0.0209. The van der Waals surface area contributed by atoms with Crippen molar-refractivity contribution in [3.63, 3.8) is 0 Å². The van der Waals surface area contributed by atoms with Gasteiger partial charge in [0, 0.05) is 12.1 Å². The fraction of sp³-hybridized carbons (Fsp3) is 0.679. The Kier molecular flexibility index (Phi) is 9.25. The Bertz CT molecular complexity index is 755. The molecule has 0 saturated heterocycles. The number of aliphatic hydroxyl groups is 1. The summed E-state index contributed by atoms with van der Waals surface area (Å²) in [5, 5.41) is 11.5. The zero-order chi connectivity index (χ0) is 23.8. The third-order valence-corrected chi connectivity index (χ3v) is 7.12. The van der Waals surface area contributed by atoms with Crippen LogP contribution in [-0.2, 0) is 4.74 Å². The first kappa shape index (κ1) is 25.6. The van der Waals surface area contributed by atoms with Gasteiger partial charge >= 0.3 is 6.09 Å². The van der Waals surface area contributed by atoms with E-state index in [-0.39, 0.29) is 12.0 Å². The zero-order valence-electron chi connectivity index (χ0n) is 21.0. The van der Waals surface area contributed by atoms with Crippen molar-refractivity contribution in [1.29, 1.82) is 0 Å². The molecule has 2 aliphatic carbocycles. The summed E-state index contributed by atoms with van der Waals surface area (Å²) < 4.78 is 11.0. The molecule has 2 atom stereocenters. The Morgan fingerprint density at radius 2 is 1.52 bits per heavy atom. The van der Waals surface area contributed by atoms with E-state index in [0.717, 1.165) is 37.1 Å². The van der Waals surface area contributed by atoms with Crippen LogP contribution in [0.3, 0.4) is 0 Å². The molecule has 0 aromatic heterocycles. The van der Waals surface area contributed by atoms with E-state index in [1.54, 1.807) is 12.0 Å². The van der Waals surface area contributed by atoms with Crippen LogP contribution in [0.4, 0.5) is 10.5 Å². The normalized spacial score (nSPS) is 20.4. The van der Waals surface area contributed by atoms with Crippen LogP contribution in [0.2, 0.25) is 0 Å². The first-order valence-electron chi connectivity index (χ1n) is 12.8. The van der Waals surface area contributed by atoms with E-state index in [4.69, 9.17) is 9.47 Å². The van der Waals surface area contributed by atoms with Crippen molar-refractivity contribution in [3.8, 4) is 5.75 Å². The monoisotopic (exact) mass is 457 g/mol. The average Bonchev–Trinajstić information content (AvgIpc) is 2.81. The smallest absolute Gasteiger partial charge is 0.418 e. The maximum atomic E-state index is 13.1. The van der Waals surface area contributed by atoms with Gasteiger partial charge in [0.05, 0.1) is 18.9 Å². The van der Waals surface area contributed by atoms with Crippen LogP contribution in [0.1, 0.15) is 85.0 Å². The van der Waals surface area contributed by atoms with Crippen molar-refractivity contribution in [1.82, 2.24) is 0 Å². The largest absolute Gasteiger partial charge is 0.497 e. The summed E-state index contributed by atoms with van der Waals surface area (Å²) >= 11 is 0. The van der Waals surface area contributed by atoms with E-state index in [1.165, 1.54) is 38.5 Å². The zero-order valence-corrected chi connectivity index (χ0v) is 21.0. The van der Waals surface area contributed by atoms with E-state index in [9.17, 15) is 9.90 Å². The second-order valence-electron chi connectivity index (χ2n) is 10.8. The maximum absolute atomic E-state index is 13.1. The van der Waals surface area contributed by atoms with Gasteiger partial charge in [-0.25, -0.2) is 4.79 Å². The number of aliphatic hydroxyl groups excluding tert-OH is 1. The molecule has 184 valence electrons. The molecular formula is C28H43NO4. The Balaban J connectivity index is 1.88. The van der Waals surface area contributed by atoms with E-state index in [0.29, 0.717) is 11.8 Å². The molecule has 0 spiro atoms. The summed E-state index contributed by atoms with van der Waals surface area (Å²) in [7, 11) is 1.63. The lowest BCUT2D eigenvalue weighted by atomic mass is 9.72. The molecule has 1 N–H and O–H groups in total. The summed E-state index contributed by atoms with van der Waals surface area (Å²) in [6, 6.07) is 7.41. The highest BCUT2D eigenvalue weighted by atomic mass is 16.6. The predicted molar refractivity (Wildman–Crippen MR) is 133 cm³/mol.